The summed E-state index contributed by atoms with van der Waals surface area (Å²) in [5.41, 5.74) is 13.1. The first-order valence-corrected chi connectivity index (χ1v) is 9.30. The standard InChI is InChI=1S/C18H31N7/c1-2-3-4-6-11-24-12-8-9-16(15-24)22-23-17-14-21-25(18(17)20)13-7-5-10-19/h8-9,14-15H,2-7,10-13,19-20H2,1H3/b23-22+. The second kappa shape index (κ2) is 10.7. The number of anilines is 1. The number of nitrogens with two attached hydrogens (primary N) is 2. The lowest BCUT2D eigenvalue weighted by atomic mass is 10.2. The molecular weight excluding hydrogens is 314 g/mol. The molecule has 0 saturated carbocycles. The lowest BCUT2D eigenvalue weighted by Crippen LogP contribution is -2.21. The predicted octanol–water partition coefficient (Wildman–Crippen LogP) is 3.58. The van der Waals surface area contributed by atoms with Gasteiger partial charge in [-0.15, -0.1) is 10.2 Å². The summed E-state index contributed by atoms with van der Waals surface area (Å²) in [4.78, 5) is 2.28. The number of rotatable bonds is 11. The summed E-state index contributed by atoms with van der Waals surface area (Å²) in [7, 11) is 0. The molecule has 0 spiro atoms. The van der Waals surface area contributed by atoms with E-state index < -0.39 is 0 Å². The largest absolute Gasteiger partial charge is 0.382 e. The third kappa shape index (κ3) is 6.34. The van der Waals surface area contributed by atoms with Crippen LogP contribution in [-0.2, 0) is 6.54 Å². The first-order chi connectivity index (χ1) is 12.2. The summed E-state index contributed by atoms with van der Waals surface area (Å²) in [5.74, 6) is 0.553. The zero-order valence-corrected chi connectivity index (χ0v) is 15.3. The third-order valence-corrected chi connectivity index (χ3v) is 4.20. The molecule has 1 aliphatic heterocycles. The highest BCUT2D eigenvalue weighted by molar-refractivity contribution is 5.56. The Labute approximate surface area is 150 Å². The SMILES string of the molecule is CCCCCCN1C=C(/N=N/c2cnn(CCCCN)c2N)C=CC1. The average Bonchev–Trinajstić information content (AvgIpc) is 2.98. The predicted molar refractivity (Wildman–Crippen MR) is 102 cm³/mol. The Morgan fingerprint density at radius 2 is 1.96 bits per heavy atom. The van der Waals surface area contributed by atoms with Gasteiger partial charge in [0.1, 0.15) is 17.2 Å². The van der Waals surface area contributed by atoms with Crippen LogP contribution in [0, 0.1) is 0 Å². The van der Waals surface area contributed by atoms with Crippen LogP contribution in [-0.4, -0.2) is 34.3 Å². The summed E-state index contributed by atoms with van der Waals surface area (Å²) in [6.45, 7) is 5.67. The Bertz CT molecular complexity index is 601. The maximum absolute atomic E-state index is 6.09. The van der Waals surface area contributed by atoms with Crippen molar-refractivity contribution in [3.8, 4) is 0 Å². The van der Waals surface area contributed by atoms with Crippen LogP contribution in [0.2, 0.25) is 0 Å². The van der Waals surface area contributed by atoms with Gasteiger partial charge in [0.2, 0.25) is 0 Å². The minimum Gasteiger partial charge on any atom is -0.382 e. The highest BCUT2D eigenvalue weighted by Crippen LogP contribution is 2.23. The molecule has 0 bridgehead atoms. The second-order valence-corrected chi connectivity index (χ2v) is 6.35. The number of hydrogen-bond acceptors (Lipinski definition) is 6. The van der Waals surface area contributed by atoms with Crippen molar-refractivity contribution in [3.05, 3.63) is 30.2 Å². The number of aryl methyl sites for hydroxylation is 1. The minimum absolute atomic E-state index is 0.553. The molecule has 2 heterocycles. The van der Waals surface area contributed by atoms with Crippen LogP contribution in [0.3, 0.4) is 0 Å². The van der Waals surface area contributed by atoms with Crippen molar-refractivity contribution in [2.45, 2.75) is 52.0 Å². The molecule has 7 heteroatoms. The molecule has 138 valence electrons. The molecule has 0 aromatic carbocycles. The highest BCUT2D eigenvalue weighted by Gasteiger charge is 2.08. The lowest BCUT2D eigenvalue weighted by molar-refractivity contribution is 0.390. The van der Waals surface area contributed by atoms with Gasteiger partial charge in [-0.25, -0.2) is 4.68 Å². The maximum atomic E-state index is 6.09. The number of nitrogen functional groups attached to an aromatic ring is 1. The number of hydrogen-bond donors (Lipinski definition) is 2. The van der Waals surface area contributed by atoms with E-state index in [4.69, 9.17) is 11.5 Å². The van der Waals surface area contributed by atoms with E-state index in [1.165, 1.54) is 25.7 Å². The van der Waals surface area contributed by atoms with E-state index in [9.17, 15) is 0 Å². The van der Waals surface area contributed by atoms with Gasteiger partial charge < -0.3 is 16.4 Å². The highest BCUT2D eigenvalue weighted by atomic mass is 15.3. The molecule has 2 rings (SSSR count). The fraction of sp³-hybridized carbons (Fsp3) is 0.611. The van der Waals surface area contributed by atoms with Crippen molar-refractivity contribution in [2.24, 2.45) is 16.0 Å². The molecule has 7 nitrogen and oxygen atoms in total. The fourth-order valence-corrected chi connectivity index (χ4v) is 2.71. The van der Waals surface area contributed by atoms with E-state index in [1.54, 1.807) is 10.9 Å². The summed E-state index contributed by atoms with van der Waals surface area (Å²) in [6.07, 6.45) is 14.8. The first-order valence-electron chi connectivity index (χ1n) is 9.30. The number of allylic oxidation sites excluding steroid dienone is 1. The second-order valence-electron chi connectivity index (χ2n) is 6.35. The molecule has 1 aromatic heterocycles. The smallest absolute Gasteiger partial charge is 0.149 e. The molecule has 0 atom stereocenters. The zero-order chi connectivity index (χ0) is 17.9. The van der Waals surface area contributed by atoms with Crippen molar-refractivity contribution in [2.75, 3.05) is 25.4 Å². The van der Waals surface area contributed by atoms with Crippen molar-refractivity contribution >= 4 is 11.5 Å². The summed E-state index contributed by atoms with van der Waals surface area (Å²) in [6, 6.07) is 0. The van der Waals surface area contributed by atoms with Crippen LogP contribution in [0.4, 0.5) is 11.5 Å². The Morgan fingerprint density at radius 1 is 1.12 bits per heavy atom. The number of azo groups is 1. The van der Waals surface area contributed by atoms with Gasteiger partial charge in [-0.05, 0) is 31.9 Å². The molecule has 0 unspecified atom stereocenters. The fourth-order valence-electron chi connectivity index (χ4n) is 2.71. The van der Waals surface area contributed by atoms with Crippen LogP contribution in [0.1, 0.15) is 45.4 Å². The van der Waals surface area contributed by atoms with E-state index >= 15 is 0 Å². The van der Waals surface area contributed by atoms with Gasteiger partial charge in [0.15, 0.2) is 0 Å². The quantitative estimate of drug-likeness (QED) is 0.473. The van der Waals surface area contributed by atoms with Gasteiger partial charge in [0.25, 0.3) is 0 Å². The Morgan fingerprint density at radius 3 is 2.76 bits per heavy atom. The van der Waals surface area contributed by atoms with Gasteiger partial charge in [-0.2, -0.15) is 5.10 Å². The number of unbranched alkanes of at least 4 members (excludes halogenated alkanes) is 4. The van der Waals surface area contributed by atoms with Crippen LogP contribution in [0.15, 0.2) is 40.5 Å². The molecule has 1 aliphatic rings. The molecule has 0 aliphatic carbocycles. The average molecular weight is 345 g/mol. The van der Waals surface area contributed by atoms with Crippen molar-refractivity contribution in [1.82, 2.24) is 14.7 Å². The summed E-state index contributed by atoms with van der Waals surface area (Å²) in [5, 5.41) is 12.9. The molecular formula is C18H31N7. The van der Waals surface area contributed by atoms with Crippen LogP contribution in [0.25, 0.3) is 0 Å². The van der Waals surface area contributed by atoms with Gasteiger partial charge in [-0.3, -0.25) is 0 Å². The van der Waals surface area contributed by atoms with Gasteiger partial charge >= 0.3 is 0 Å². The molecule has 0 radical (unpaired) electrons. The normalized spacial score (nSPS) is 14.5. The first kappa shape index (κ1) is 19.2. The molecule has 1 aromatic rings. The van der Waals surface area contributed by atoms with Gasteiger partial charge in [0.05, 0.1) is 6.20 Å². The zero-order valence-electron chi connectivity index (χ0n) is 15.3. The van der Waals surface area contributed by atoms with Crippen molar-refractivity contribution in [1.29, 1.82) is 0 Å². The van der Waals surface area contributed by atoms with Crippen molar-refractivity contribution in [3.63, 3.8) is 0 Å². The number of nitrogens with zero attached hydrogens (tertiary/aromatic N) is 5. The van der Waals surface area contributed by atoms with E-state index in [0.29, 0.717) is 18.1 Å². The monoisotopic (exact) mass is 345 g/mol. The van der Waals surface area contributed by atoms with E-state index in [-0.39, 0.29) is 0 Å². The van der Waals surface area contributed by atoms with Gasteiger partial charge in [0, 0.05) is 25.8 Å². The van der Waals surface area contributed by atoms with Gasteiger partial charge in [-0.1, -0.05) is 32.3 Å². The molecule has 4 N–H and O–H groups in total. The summed E-state index contributed by atoms with van der Waals surface area (Å²) >= 11 is 0. The van der Waals surface area contributed by atoms with E-state index in [1.807, 2.05) is 6.08 Å². The topological polar surface area (TPSA) is 97.8 Å². The molecule has 0 saturated heterocycles. The Hall–Kier alpha value is -2.15. The number of aromatic nitrogens is 2. The van der Waals surface area contributed by atoms with E-state index in [2.05, 4.69) is 39.4 Å². The van der Waals surface area contributed by atoms with Crippen LogP contribution < -0.4 is 11.5 Å². The Balaban J connectivity index is 1.89. The van der Waals surface area contributed by atoms with E-state index in [0.717, 1.165) is 38.2 Å². The third-order valence-electron chi connectivity index (χ3n) is 4.20. The minimum atomic E-state index is 0.553. The molecule has 0 fully saturated rings. The van der Waals surface area contributed by atoms with Crippen LogP contribution in [0.5, 0.6) is 0 Å². The van der Waals surface area contributed by atoms with Crippen LogP contribution >= 0.6 is 0 Å². The van der Waals surface area contributed by atoms with Crippen molar-refractivity contribution < 1.29 is 0 Å². The molecule has 25 heavy (non-hydrogen) atoms. The maximum Gasteiger partial charge on any atom is 0.149 e. The Kier molecular flexibility index (Phi) is 8.18. The lowest BCUT2D eigenvalue weighted by Gasteiger charge is -2.21. The summed E-state index contributed by atoms with van der Waals surface area (Å²) < 4.78 is 1.76. The molecule has 0 amide bonds.